The second-order valence-electron chi connectivity index (χ2n) is 12.5. The molecule has 5 aromatic carbocycles. The van der Waals surface area contributed by atoms with Crippen LogP contribution >= 0.6 is 0 Å². The number of carbonyl (C=O) groups excluding carboxylic acids is 1. The standard InChI is InChI=1S/C37H36O8/c1-17-10-23-25(15-29(17)41-7)32-26(16-27(23)38)36(4,5)35(39)37(43-9)34(32)44-31-14-21-20(19(3)33(31)45-37)12-30(42-8)24-11-18(2)28(40-6)13-22(21)24/h10-16,34,38H,1-9H3/t34-,37+/m1/s1. The van der Waals surface area contributed by atoms with Crippen LogP contribution in [0.4, 0.5) is 0 Å². The van der Waals surface area contributed by atoms with Crippen molar-refractivity contribution in [2.24, 2.45) is 0 Å². The largest absolute Gasteiger partial charge is 0.507 e. The third-order valence-electron chi connectivity index (χ3n) is 9.76. The van der Waals surface area contributed by atoms with Crippen LogP contribution in [-0.4, -0.2) is 45.1 Å². The van der Waals surface area contributed by atoms with Crippen LogP contribution in [-0.2, 0) is 14.9 Å². The van der Waals surface area contributed by atoms with E-state index in [1.165, 1.54) is 7.11 Å². The summed E-state index contributed by atoms with van der Waals surface area (Å²) in [5, 5.41) is 16.2. The van der Waals surface area contributed by atoms with Gasteiger partial charge in [-0.1, -0.05) is 0 Å². The summed E-state index contributed by atoms with van der Waals surface area (Å²) in [7, 11) is 6.38. The molecule has 0 amide bonds. The van der Waals surface area contributed by atoms with Gasteiger partial charge in [0.1, 0.15) is 23.0 Å². The van der Waals surface area contributed by atoms with Gasteiger partial charge < -0.3 is 33.5 Å². The van der Waals surface area contributed by atoms with Gasteiger partial charge in [-0.2, -0.15) is 0 Å². The minimum atomic E-state index is -1.80. The SMILES string of the molecule is COc1cc2c3c(cc(O)c2cc1C)C(C)(C)C(=O)[C@@]1(OC)Oc2c(cc4c(cc(OC)c5cc(C)c(OC)cc54)c2C)O[C@H]31. The van der Waals surface area contributed by atoms with Gasteiger partial charge in [-0.3, -0.25) is 4.79 Å². The van der Waals surface area contributed by atoms with E-state index in [4.69, 9.17) is 28.4 Å². The molecule has 1 heterocycles. The number of hydrogen-bond acceptors (Lipinski definition) is 8. The summed E-state index contributed by atoms with van der Waals surface area (Å²) in [5.74, 6) is 0.974. The van der Waals surface area contributed by atoms with Crippen molar-refractivity contribution in [3.63, 3.8) is 0 Å². The first-order valence-electron chi connectivity index (χ1n) is 14.8. The van der Waals surface area contributed by atoms with E-state index >= 15 is 0 Å². The lowest BCUT2D eigenvalue weighted by molar-refractivity contribution is -0.233. The minimum absolute atomic E-state index is 0.0731. The van der Waals surface area contributed by atoms with E-state index in [1.54, 1.807) is 27.4 Å². The predicted molar refractivity (Wildman–Crippen MR) is 173 cm³/mol. The zero-order chi connectivity index (χ0) is 32.2. The summed E-state index contributed by atoms with van der Waals surface area (Å²) < 4.78 is 36.9. The molecule has 8 nitrogen and oxygen atoms in total. The van der Waals surface area contributed by atoms with Crippen LogP contribution in [0.25, 0.3) is 32.3 Å². The third-order valence-corrected chi connectivity index (χ3v) is 9.76. The van der Waals surface area contributed by atoms with Crippen LogP contribution in [0.2, 0.25) is 0 Å². The number of carbonyl (C=O) groups is 1. The Hall–Kier alpha value is -4.69. The molecule has 0 fully saturated rings. The van der Waals surface area contributed by atoms with Gasteiger partial charge in [-0.05, 0) is 115 Å². The van der Waals surface area contributed by atoms with Gasteiger partial charge in [0.15, 0.2) is 17.6 Å². The first-order chi connectivity index (χ1) is 21.4. The molecular weight excluding hydrogens is 572 g/mol. The lowest BCUT2D eigenvalue weighted by Crippen LogP contribution is -2.63. The summed E-state index contributed by atoms with van der Waals surface area (Å²) in [6.07, 6.45) is -0.987. The highest BCUT2D eigenvalue weighted by Gasteiger charge is 2.64. The van der Waals surface area contributed by atoms with Gasteiger partial charge in [0.2, 0.25) is 5.78 Å². The maximum atomic E-state index is 14.5. The second kappa shape index (κ2) is 9.65. The van der Waals surface area contributed by atoms with Crippen molar-refractivity contribution < 1.29 is 38.3 Å². The predicted octanol–water partition coefficient (Wildman–Crippen LogP) is 7.52. The van der Waals surface area contributed by atoms with E-state index in [-0.39, 0.29) is 11.5 Å². The fraction of sp³-hybridized carbons (Fsp3) is 0.324. The number of rotatable bonds is 4. The van der Waals surface area contributed by atoms with Gasteiger partial charge in [0.25, 0.3) is 0 Å². The fourth-order valence-electron chi connectivity index (χ4n) is 7.32. The smallest absolute Gasteiger partial charge is 0.313 e. The summed E-state index contributed by atoms with van der Waals surface area (Å²) in [5.41, 5.74) is 2.88. The first kappa shape index (κ1) is 29.0. The average molecular weight is 609 g/mol. The number of ketones is 1. The normalized spacial score (nSPS) is 19.8. The maximum Gasteiger partial charge on any atom is 0.313 e. The molecule has 5 aromatic rings. The zero-order valence-corrected chi connectivity index (χ0v) is 26.9. The van der Waals surface area contributed by atoms with Gasteiger partial charge in [-0.25, -0.2) is 0 Å². The molecule has 2 aliphatic rings. The van der Waals surface area contributed by atoms with Crippen molar-refractivity contribution in [1.82, 2.24) is 0 Å². The van der Waals surface area contributed by atoms with E-state index in [1.807, 2.05) is 65.0 Å². The van der Waals surface area contributed by atoms with Crippen molar-refractivity contribution in [3.8, 4) is 34.5 Å². The van der Waals surface area contributed by atoms with Crippen LogP contribution in [0.3, 0.4) is 0 Å². The van der Waals surface area contributed by atoms with Crippen molar-refractivity contribution in [2.75, 3.05) is 28.4 Å². The van der Waals surface area contributed by atoms with Crippen LogP contribution in [0.5, 0.6) is 34.5 Å². The summed E-state index contributed by atoms with van der Waals surface area (Å²) in [4.78, 5) is 14.5. The van der Waals surface area contributed by atoms with Crippen molar-refractivity contribution in [1.29, 1.82) is 0 Å². The molecule has 0 bridgehead atoms. The molecule has 0 aromatic heterocycles. The number of Topliss-reactive ketones (excluding diaryl/α,β-unsaturated/α-hetero) is 1. The number of phenolic OH excluding ortho intramolecular Hbond substituents is 1. The van der Waals surface area contributed by atoms with Crippen LogP contribution in [0.1, 0.15) is 47.8 Å². The molecule has 8 heteroatoms. The Morgan fingerprint density at radius 3 is 1.91 bits per heavy atom. The summed E-state index contributed by atoms with van der Waals surface area (Å²) >= 11 is 0. The zero-order valence-electron chi connectivity index (χ0n) is 26.9. The molecule has 45 heavy (non-hydrogen) atoms. The molecule has 1 aliphatic carbocycles. The highest BCUT2D eigenvalue weighted by molar-refractivity contribution is 6.13. The number of benzene rings is 5. The number of aryl methyl sites for hydroxylation is 3. The Morgan fingerprint density at radius 1 is 0.711 bits per heavy atom. The topological polar surface area (TPSA) is 92.7 Å². The highest BCUT2D eigenvalue weighted by Crippen LogP contribution is 2.58. The summed E-state index contributed by atoms with van der Waals surface area (Å²) in [6, 6.07) is 13.4. The highest BCUT2D eigenvalue weighted by atomic mass is 16.7. The maximum absolute atomic E-state index is 14.5. The Balaban J connectivity index is 1.56. The Morgan fingerprint density at radius 2 is 1.29 bits per heavy atom. The van der Waals surface area contributed by atoms with Crippen LogP contribution in [0.15, 0.2) is 42.5 Å². The van der Waals surface area contributed by atoms with Crippen LogP contribution < -0.4 is 23.7 Å². The van der Waals surface area contributed by atoms with E-state index in [0.717, 1.165) is 44.0 Å². The first-order valence-corrected chi connectivity index (χ1v) is 14.8. The lowest BCUT2D eigenvalue weighted by atomic mass is 9.66. The lowest BCUT2D eigenvalue weighted by Gasteiger charge is -2.50. The molecule has 7 rings (SSSR count). The van der Waals surface area contributed by atoms with Gasteiger partial charge in [-0.15, -0.1) is 0 Å². The quantitative estimate of drug-likeness (QED) is 0.210. The van der Waals surface area contributed by atoms with E-state index in [2.05, 4.69) is 6.07 Å². The number of aromatic hydroxyl groups is 1. The molecular formula is C37H36O8. The molecule has 2 atom stereocenters. The summed E-state index contributed by atoms with van der Waals surface area (Å²) in [6.45, 7) is 9.50. The Labute approximate surface area is 261 Å². The van der Waals surface area contributed by atoms with Crippen molar-refractivity contribution in [2.45, 2.75) is 51.9 Å². The minimum Gasteiger partial charge on any atom is -0.507 e. The third kappa shape index (κ3) is 3.72. The molecule has 0 saturated carbocycles. The molecule has 1 N–H and O–H groups in total. The van der Waals surface area contributed by atoms with E-state index in [0.29, 0.717) is 44.9 Å². The van der Waals surface area contributed by atoms with Gasteiger partial charge in [0.05, 0.1) is 26.7 Å². The second-order valence-corrected chi connectivity index (χ2v) is 12.5. The molecule has 1 aliphatic heterocycles. The fourth-order valence-corrected chi connectivity index (χ4v) is 7.32. The molecule has 232 valence electrons. The van der Waals surface area contributed by atoms with Gasteiger partial charge in [0, 0.05) is 29.0 Å². The monoisotopic (exact) mass is 608 g/mol. The number of ether oxygens (including phenoxy) is 6. The Kier molecular flexibility index (Phi) is 6.23. The molecule has 0 unspecified atom stereocenters. The number of fused-ring (bicyclic) bond motifs is 9. The molecule has 0 radical (unpaired) electrons. The van der Waals surface area contributed by atoms with E-state index < -0.39 is 17.3 Å². The molecule has 0 spiro atoms. The van der Waals surface area contributed by atoms with E-state index in [9.17, 15) is 9.90 Å². The number of methoxy groups -OCH3 is 4. The Bertz CT molecular complexity index is 2110. The van der Waals surface area contributed by atoms with Crippen LogP contribution in [0, 0.1) is 20.8 Å². The van der Waals surface area contributed by atoms with Crippen molar-refractivity contribution in [3.05, 3.63) is 70.3 Å². The number of hydrogen-bond donors (Lipinski definition) is 1. The van der Waals surface area contributed by atoms with Crippen molar-refractivity contribution >= 4 is 38.1 Å². The number of phenols is 1. The molecule has 0 saturated heterocycles. The van der Waals surface area contributed by atoms with Gasteiger partial charge >= 0.3 is 5.79 Å². The average Bonchev–Trinajstić information content (AvgIpc) is 3.03.